The van der Waals surface area contributed by atoms with Gasteiger partial charge < -0.3 is 4.74 Å². The van der Waals surface area contributed by atoms with E-state index in [9.17, 15) is 4.79 Å². The molecule has 0 heterocycles. The molecular weight excluding hydrogens is 322 g/mol. The first kappa shape index (κ1) is 17.2. The van der Waals surface area contributed by atoms with Gasteiger partial charge in [0.1, 0.15) is 5.75 Å². The quantitative estimate of drug-likeness (QED) is 0.366. The van der Waals surface area contributed by atoms with Crippen molar-refractivity contribution in [3.05, 3.63) is 102 Å². The van der Waals surface area contributed by atoms with Crippen LogP contribution in [0.15, 0.2) is 85.5 Å². The molecule has 3 rings (SSSR count). The number of carbonyl (C=O) groups is 1. The molecule has 0 spiro atoms. The summed E-state index contributed by atoms with van der Waals surface area (Å²) >= 11 is 0. The van der Waals surface area contributed by atoms with Crippen LogP contribution in [-0.4, -0.2) is 5.97 Å². The molecule has 0 aliphatic rings. The molecule has 126 valence electrons. The number of ether oxygens (including phenoxy) is 1. The summed E-state index contributed by atoms with van der Waals surface area (Å²) in [7, 11) is 0. The number of rotatable bonds is 5. The van der Waals surface area contributed by atoms with Gasteiger partial charge in [0.2, 0.25) is 0 Å². The lowest BCUT2D eigenvalue weighted by molar-refractivity contribution is 0.0735. The van der Waals surface area contributed by atoms with Crippen molar-refractivity contribution in [3.63, 3.8) is 0 Å². The van der Waals surface area contributed by atoms with Crippen LogP contribution in [0.4, 0.5) is 0 Å². The highest BCUT2D eigenvalue weighted by Gasteiger charge is 2.09. The third-order valence-corrected chi connectivity index (χ3v) is 3.98. The second-order valence-corrected chi connectivity index (χ2v) is 5.79. The van der Waals surface area contributed by atoms with Crippen LogP contribution in [0.3, 0.4) is 0 Å². The van der Waals surface area contributed by atoms with E-state index in [4.69, 9.17) is 10.00 Å². The van der Waals surface area contributed by atoms with Crippen LogP contribution in [0, 0.1) is 11.3 Å². The molecule has 0 bridgehead atoms. The molecule has 0 fully saturated rings. The number of esters is 1. The van der Waals surface area contributed by atoms with E-state index in [1.807, 2.05) is 24.3 Å². The normalized spacial score (nSPS) is 9.96. The first-order valence-electron chi connectivity index (χ1n) is 8.22. The third kappa shape index (κ3) is 4.06. The van der Waals surface area contributed by atoms with Crippen molar-refractivity contribution in [1.82, 2.24) is 0 Å². The number of allylic oxidation sites excluding steroid dienone is 1. The average Bonchev–Trinajstić information content (AvgIpc) is 2.69. The minimum absolute atomic E-state index is 0.413. The van der Waals surface area contributed by atoms with Crippen molar-refractivity contribution in [3.8, 4) is 22.9 Å². The first-order chi connectivity index (χ1) is 12.7. The summed E-state index contributed by atoms with van der Waals surface area (Å²) < 4.78 is 5.33. The molecule has 26 heavy (non-hydrogen) atoms. The number of benzene rings is 3. The molecule has 0 unspecified atom stereocenters. The van der Waals surface area contributed by atoms with E-state index in [0.717, 1.165) is 17.5 Å². The molecule has 3 heteroatoms. The van der Waals surface area contributed by atoms with E-state index >= 15 is 0 Å². The standard InChI is InChI=1S/C23H17NO2/c1-2-3-17-4-8-19(9-5-17)20-10-12-21(13-11-20)23(25)26-22-14-6-18(16-24)7-15-22/h2,4-15H,1,3H2. The fraction of sp³-hybridized carbons (Fsp3) is 0.0435. The van der Waals surface area contributed by atoms with Crippen LogP contribution in [0.1, 0.15) is 21.5 Å². The molecule has 3 aromatic rings. The van der Waals surface area contributed by atoms with Gasteiger partial charge in [0.15, 0.2) is 0 Å². The predicted octanol–water partition coefficient (Wildman–Crippen LogP) is 5.17. The molecule has 3 nitrogen and oxygen atoms in total. The Kier molecular flexibility index (Phi) is 5.26. The van der Waals surface area contributed by atoms with Crippen molar-refractivity contribution in [2.75, 3.05) is 0 Å². The highest BCUT2D eigenvalue weighted by atomic mass is 16.5. The zero-order chi connectivity index (χ0) is 18.4. The SMILES string of the molecule is C=CCc1ccc(-c2ccc(C(=O)Oc3ccc(C#N)cc3)cc2)cc1. The lowest BCUT2D eigenvalue weighted by Gasteiger charge is -2.06. The Morgan fingerprint density at radius 2 is 1.50 bits per heavy atom. The smallest absolute Gasteiger partial charge is 0.343 e. The van der Waals surface area contributed by atoms with Crippen LogP contribution < -0.4 is 4.74 Å². The number of hydrogen-bond acceptors (Lipinski definition) is 3. The highest BCUT2D eigenvalue weighted by molar-refractivity contribution is 5.91. The van der Waals surface area contributed by atoms with Gasteiger partial charge >= 0.3 is 5.97 Å². The van der Waals surface area contributed by atoms with Crippen molar-refractivity contribution in [2.24, 2.45) is 0 Å². The average molecular weight is 339 g/mol. The van der Waals surface area contributed by atoms with Crippen LogP contribution in [0.25, 0.3) is 11.1 Å². The largest absolute Gasteiger partial charge is 0.423 e. The van der Waals surface area contributed by atoms with Gasteiger partial charge in [0, 0.05) is 0 Å². The fourth-order valence-electron chi connectivity index (χ4n) is 2.56. The van der Waals surface area contributed by atoms with Crippen molar-refractivity contribution < 1.29 is 9.53 Å². The second-order valence-electron chi connectivity index (χ2n) is 5.79. The Hall–Kier alpha value is -3.64. The lowest BCUT2D eigenvalue weighted by atomic mass is 10.0. The molecule has 0 amide bonds. The zero-order valence-electron chi connectivity index (χ0n) is 14.2. The van der Waals surface area contributed by atoms with Crippen LogP contribution >= 0.6 is 0 Å². The number of nitriles is 1. The summed E-state index contributed by atoms with van der Waals surface area (Å²) in [5.41, 5.74) is 4.33. The summed E-state index contributed by atoms with van der Waals surface area (Å²) in [6.45, 7) is 3.74. The minimum atomic E-state index is -0.428. The van der Waals surface area contributed by atoms with Crippen LogP contribution in [0.5, 0.6) is 5.75 Å². The molecule has 0 aliphatic heterocycles. The number of nitrogens with zero attached hydrogens (tertiary/aromatic N) is 1. The van der Waals surface area contributed by atoms with Gasteiger partial charge in [-0.15, -0.1) is 6.58 Å². The van der Waals surface area contributed by atoms with E-state index < -0.39 is 5.97 Å². The van der Waals surface area contributed by atoms with Crippen LogP contribution in [0.2, 0.25) is 0 Å². The summed E-state index contributed by atoms with van der Waals surface area (Å²) in [6, 6.07) is 24.0. The minimum Gasteiger partial charge on any atom is -0.423 e. The van der Waals surface area contributed by atoms with E-state index in [-0.39, 0.29) is 0 Å². The Bertz CT molecular complexity index is 947. The van der Waals surface area contributed by atoms with E-state index in [0.29, 0.717) is 16.9 Å². The molecule has 0 aliphatic carbocycles. The second kappa shape index (κ2) is 7.96. The van der Waals surface area contributed by atoms with Crippen LogP contribution in [-0.2, 0) is 6.42 Å². The summed E-state index contributed by atoms with van der Waals surface area (Å²) in [6.07, 6.45) is 2.73. The summed E-state index contributed by atoms with van der Waals surface area (Å²) in [4.78, 5) is 12.2. The maximum Gasteiger partial charge on any atom is 0.343 e. The highest BCUT2D eigenvalue weighted by Crippen LogP contribution is 2.21. The Morgan fingerprint density at radius 1 is 0.923 bits per heavy atom. The Balaban J connectivity index is 1.70. The maximum atomic E-state index is 12.2. The van der Waals surface area contributed by atoms with E-state index in [1.54, 1.807) is 36.4 Å². The Morgan fingerprint density at radius 3 is 2.04 bits per heavy atom. The van der Waals surface area contributed by atoms with Gasteiger partial charge in [-0.05, 0) is 59.5 Å². The van der Waals surface area contributed by atoms with Gasteiger partial charge in [-0.25, -0.2) is 4.79 Å². The molecule has 0 N–H and O–H groups in total. The number of hydrogen-bond donors (Lipinski definition) is 0. The third-order valence-electron chi connectivity index (χ3n) is 3.98. The molecule has 0 saturated heterocycles. The van der Waals surface area contributed by atoms with E-state index in [2.05, 4.69) is 30.8 Å². The van der Waals surface area contributed by atoms with Crippen molar-refractivity contribution in [1.29, 1.82) is 5.26 Å². The number of carbonyl (C=O) groups excluding carboxylic acids is 1. The molecule has 0 saturated carbocycles. The summed E-state index contributed by atoms with van der Waals surface area (Å²) in [5, 5.41) is 8.79. The predicted molar refractivity (Wildman–Crippen MR) is 102 cm³/mol. The molecule has 0 radical (unpaired) electrons. The topological polar surface area (TPSA) is 50.1 Å². The van der Waals surface area contributed by atoms with Crippen molar-refractivity contribution in [2.45, 2.75) is 6.42 Å². The fourth-order valence-corrected chi connectivity index (χ4v) is 2.56. The van der Waals surface area contributed by atoms with E-state index in [1.165, 1.54) is 5.56 Å². The van der Waals surface area contributed by atoms with Crippen molar-refractivity contribution >= 4 is 5.97 Å². The molecule has 3 aromatic carbocycles. The van der Waals surface area contributed by atoms with Gasteiger partial charge in [-0.1, -0.05) is 42.5 Å². The zero-order valence-corrected chi connectivity index (χ0v) is 14.2. The molecule has 0 aromatic heterocycles. The molecule has 0 atom stereocenters. The molecular formula is C23H17NO2. The monoisotopic (exact) mass is 339 g/mol. The van der Waals surface area contributed by atoms with Gasteiger partial charge in [0.05, 0.1) is 17.2 Å². The Labute approximate surface area is 152 Å². The van der Waals surface area contributed by atoms with Gasteiger partial charge in [-0.3, -0.25) is 0 Å². The lowest BCUT2D eigenvalue weighted by Crippen LogP contribution is -2.08. The summed E-state index contributed by atoms with van der Waals surface area (Å²) in [5.74, 6) is -0.0153. The van der Waals surface area contributed by atoms with Gasteiger partial charge in [-0.2, -0.15) is 5.26 Å². The van der Waals surface area contributed by atoms with Gasteiger partial charge in [0.25, 0.3) is 0 Å². The first-order valence-corrected chi connectivity index (χ1v) is 8.22. The maximum absolute atomic E-state index is 12.2.